The lowest BCUT2D eigenvalue weighted by Gasteiger charge is -2.22. The molecule has 5 nitrogen and oxygen atoms in total. The number of carbonyl (C=O) groups excluding carboxylic acids is 1. The molecule has 0 N–H and O–H groups in total. The molecule has 0 saturated heterocycles. The predicted octanol–water partition coefficient (Wildman–Crippen LogP) is 6.77. The molecule has 0 spiro atoms. The highest BCUT2D eigenvalue weighted by Crippen LogP contribution is 2.27. The van der Waals surface area contributed by atoms with Gasteiger partial charge in [-0.2, -0.15) is 0 Å². The van der Waals surface area contributed by atoms with Crippen LogP contribution in [0.2, 0.25) is 0 Å². The first-order valence-corrected chi connectivity index (χ1v) is 13.9. The third-order valence-electron chi connectivity index (χ3n) is 6.33. The first-order valence-electron chi connectivity index (χ1n) is 12.3. The monoisotopic (exact) mass is 495 g/mol. The van der Waals surface area contributed by atoms with E-state index in [1.54, 1.807) is 24.5 Å². The quantitative estimate of drug-likeness (QED) is 0.375. The summed E-state index contributed by atoms with van der Waals surface area (Å²) in [5, 5.41) is 1.10. The molecule has 3 aromatic rings. The number of aryl methyl sites for hydroxylation is 2. The highest BCUT2D eigenvalue weighted by Gasteiger charge is 2.13. The number of anilines is 1. The normalized spacial score (nSPS) is 17.9. The molecule has 1 unspecified atom stereocenters. The number of hydrogen-bond acceptors (Lipinski definition) is 5. The van der Waals surface area contributed by atoms with E-state index in [0.717, 1.165) is 44.8 Å². The lowest BCUT2D eigenvalue weighted by Crippen LogP contribution is -2.12. The fraction of sp³-hybridized carbons (Fsp3) is 0.483. The molecule has 2 aromatic carbocycles. The van der Waals surface area contributed by atoms with Gasteiger partial charge in [-0.3, -0.25) is 9.00 Å². The van der Waals surface area contributed by atoms with Crippen molar-refractivity contribution in [2.75, 3.05) is 25.3 Å². The molecule has 35 heavy (non-hydrogen) atoms. The second-order valence-corrected chi connectivity index (χ2v) is 11.2. The van der Waals surface area contributed by atoms with E-state index in [1.165, 1.54) is 32.6 Å². The Bertz CT molecular complexity index is 1140. The molecule has 1 aliphatic rings. The van der Waals surface area contributed by atoms with Crippen LogP contribution in [0, 0.1) is 25.7 Å². The largest absolute Gasteiger partial charge is 0.362 e. The van der Waals surface area contributed by atoms with E-state index >= 15 is 0 Å². The van der Waals surface area contributed by atoms with Crippen LogP contribution >= 0.6 is 0 Å². The number of hydrogen-bond donors (Lipinski definition) is 0. The first kappa shape index (κ1) is 28.6. The van der Waals surface area contributed by atoms with Gasteiger partial charge in [-0.1, -0.05) is 51.7 Å². The van der Waals surface area contributed by atoms with Gasteiger partial charge in [0.15, 0.2) is 5.78 Å². The van der Waals surface area contributed by atoms with E-state index in [9.17, 15) is 9.00 Å². The summed E-state index contributed by atoms with van der Waals surface area (Å²) < 4.78 is 11.1. The van der Waals surface area contributed by atoms with Crippen LogP contribution in [-0.4, -0.2) is 40.3 Å². The molecule has 1 atom stereocenters. The molecule has 0 radical (unpaired) electrons. The molecule has 0 aliphatic heterocycles. The molecule has 6 heteroatoms. The maximum absolute atomic E-state index is 11.1. The Morgan fingerprint density at radius 1 is 0.943 bits per heavy atom. The van der Waals surface area contributed by atoms with Gasteiger partial charge in [0, 0.05) is 47.0 Å². The van der Waals surface area contributed by atoms with Crippen molar-refractivity contribution in [3.05, 3.63) is 59.4 Å². The minimum Gasteiger partial charge on any atom is -0.362 e. The lowest BCUT2D eigenvalue weighted by atomic mass is 9.84. The second kappa shape index (κ2) is 13.5. The fourth-order valence-electron chi connectivity index (χ4n) is 4.15. The second-order valence-electron chi connectivity index (χ2n) is 9.86. The van der Waals surface area contributed by atoms with E-state index in [2.05, 4.69) is 23.8 Å². The Labute approximate surface area is 213 Å². The van der Waals surface area contributed by atoms with Gasteiger partial charge in [-0.05, 0) is 68.5 Å². The van der Waals surface area contributed by atoms with Gasteiger partial charge in [0.25, 0.3) is 0 Å². The summed E-state index contributed by atoms with van der Waals surface area (Å²) in [6.45, 7) is 10.0. The summed E-state index contributed by atoms with van der Waals surface area (Å²) in [4.78, 5) is 22.6. The van der Waals surface area contributed by atoms with Crippen molar-refractivity contribution in [3.63, 3.8) is 0 Å². The molecule has 1 fully saturated rings. The van der Waals surface area contributed by atoms with Crippen molar-refractivity contribution < 1.29 is 9.00 Å². The average molecular weight is 496 g/mol. The zero-order valence-electron chi connectivity index (χ0n) is 22.6. The summed E-state index contributed by atoms with van der Waals surface area (Å²) in [5.74, 6) is 3.88. The highest BCUT2D eigenvalue weighted by atomic mass is 32.2. The summed E-state index contributed by atoms with van der Waals surface area (Å²) in [5.41, 5.74) is 2.60. The van der Waals surface area contributed by atoms with E-state index in [-0.39, 0.29) is 5.78 Å². The number of aromatic nitrogens is 2. The molecule has 190 valence electrons. The SMILES string of the molecule is CC(=O)c1ccc(S(C)=O)cc1C.CC1CCC(C)CC1.Cc1nc(N(C)C)c2ccccc2n1. The number of benzene rings is 2. The summed E-state index contributed by atoms with van der Waals surface area (Å²) in [6.07, 6.45) is 7.52. The minimum atomic E-state index is -0.972. The average Bonchev–Trinajstić information content (AvgIpc) is 2.80. The van der Waals surface area contributed by atoms with Crippen LogP contribution < -0.4 is 4.90 Å². The number of rotatable bonds is 3. The van der Waals surface area contributed by atoms with Crippen LogP contribution in [0.4, 0.5) is 5.82 Å². The molecule has 0 bridgehead atoms. The molecule has 1 aliphatic carbocycles. The van der Waals surface area contributed by atoms with Gasteiger partial charge in [0.1, 0.15) is 11.6 Å². The first-order chi connectivity index (χ1) is 16.5. The highest BCUT2D eigenvalue weighted by molar-refractivity contribution is 7.84. The Hall–Kier alpha value is -2.60. The van der Waals surface area contributed by atoms with Crippen LogP contribution in [0.3, 0.4) is 0 Å². The fourth-order valence-corrected chi connectivity index (χ4v) is 4.75. The van der Waals surface area contributed by atoms with Gasteiger partial charge in [-0.25, -0.2) is 9.97 Å². The lowest BCUT2D eigenvalue weighted by molar-refractivity contribution is 0.101. The third-order valence-corrected chi connectivity index (χ3v) is 7.25. The van der Waals surface area contributed by atoms with E-state index in [1.807, 2.05) is 57.1 Å². The van der Waals surface area contributed by atoms with Crippen LogP contribution in [0.25, 0.3) is 10.9 Å². The summed E-state index contributed by atoms with van der Waals surface area (Å²) in [7, 11) is 3.02. The topological polar surface area (TPSA) is 63.2 Å². The zero-order chi connectivity index (χ0) is 26.1. The van der Waals surface area contributed by atoms with Gasteiger partial charge >= 0.3 is 0 Å². The number of nitrogens with zero attached hydrogens (tertiary/aromatic N) is 3. The van der Waals surface area contributed by atoms with Crippen molar-refractivity contribution in [3.8, 4) is 0 Å². The van der Waals surface area contributed by atoms with Crippen LogP contribution in [0.1, 0.15) is 68.2 Å². The summed E-state index contributed by atoms with van der Waals surface area (Å²) >= 11 is 0. The van der Waals surface area contributed by atoms with Crippen molar-refractivity contribution in [1.29, 1.82) is 0 Å². The van der Waals surface area contributed by atoms with Crippen molar-refractivity contribution in [2.45, 2.75) is 65.2 Å². The minimum absolute atomic E-state index is 0.0472. The molecule has 1 saturated carbocycles. The predicted molar refractivity (Wildman–Crippen MR) is 149 cm³/mol. The molecule has 4 rings (SSSR count). The van der Waals surface area contributed by atoms with Crippen LogP contribution in [0.5, 0.6) is 0 Å². The smallest absolute Gasteiger partial charge is 0.160 e. The Morgan fingerprint density at radius 2 is 1.51 bits per heavy atom. The standard InChI is InChI=1S/C11H13N3.C10H12O2S.C8H16/c1-8-12-10-7-5-4-6-9(10)11(13-8)14(2)3;1-7-6-9(13(3)12)4-5-10(7)8(2)11;1-7-3-5-8(2)6-4-7/h4-7H,1-3H3;4-6H,1-3H3;7-8H,3-6H2,1-2H3. The van der Waals surface area contributed by atoms with E-state index in [0.29, 0.717) is 5.56 Å². The zero-order valence-corrected chi connectivity index (χ0v) is 23.4. The Balaban J connectivity index is 0.000000192. The Morgan fingerprint density at radius 3 is 2.00 bits per heavy atom. The van der Waals surface area contributed by atoms with E-state index < -0.39 is 10.8 Å². The number of para-hydroxylation sites is 1. The van der Waals surface area contributed by atoms with Gasteiger partial charge < -0.3 is 4.90 Å². The number of carbonyl (C=O) groups is 1. The molecule has 0 amide bonds. The van der Waals surface area contributed by atoms with Gasteiger partial charge in [0.2, 0.25) is 0 Å². The Kier molecular flexibility index (Phi) is 11.0. The molecule has 1 heterocycles. The molecular weight excluding hydrogens is 454 g/mol. The number of ketones is 1. The van der Waals surface area contributed by atoms with Crippen molar-refractivity contribution >= 4 is 33.3 Å². The number of Topliss-reactive ketones (excluding diaryl/α,β-unsaturated/α-hetero) is 1. The maximum Gasteiger partial charge on any atom is 0.160 e. The van der Waals surface area contributed by atoms with Gasteiger partial charge in [-0.15, -0.1) is 0 Å². The van der Waals surface area contributed by atoms with Crippen LogP contribution in [0.15, 0.2) is 47.4 Å². The van der Waals surface area contributed by atoms with Crippen molar-refractivity contribution in [1.82, 2.24) is 9.97 Å². The van der Waals surface area contributed by atoms with Gasteiger partial charge in [0.05, 0.1) is 5.52 Å². The molecular formula is C29H41N3O2S. The molecule has 1 aromatic heterocycles. The van der Waals surface area contributed by atoms with Crippen LogP contribution in [-0.2, 0) is 10.8 Å². The van der Waals surface area contributed by atoms with Crippen molar-refractivity contribution in [2.24, 2.45) is 11.8 Å². The summed E-state index contributed by atoms with van der Waals surface area (Å²) in [6, 6.07) is 13.3. The van der Waals surface area contributed by atoms with E-state index in [4.69, 9.17) is 0 Å². The number of fused-ring (bicyclic) bond motifs is 1. The third kappa shape index (κ3) is 8.84. The maximum atomic E-state index is 11.1.